The van der Waals surface area contributed by atoms with Crippen LogP contribution in [0.2, 0.25) is 0 Å². The molecule has 2 rings (SSSR count). The van der Waals surface area contributed by atoms with Gasteiger partial charge in [0.25, 0.3) is 5.91 Å². The Kier molecular flexibility index (Phi) is 2.48. The lowest BCUT2D eigenvalue weighted by atomic mass is 9.95. The van der Waals surface area contributed by atoms with Gasteiger partial charge in [-0.05, 0) is 31.2 Å². The summed E-state index contributed by atoms with van der Waals surface area (Å²) in [4.78, 5) is 23.4. The zero-order chi connectivity index (χ0) is 11.0. The lowest BCUT2D eigenvalue weighted by molar-refractivity contribution is 0.0691. The largest absolute Gasteiger partial charge is 0.478 e. The SMILES string of the molecule is NC(=O)c1sc2c(c1C(=O)O)CCCC2. The van der Waals surface area contributed by atoms with E-state index in [1.807, 2.05) is 0 Å². The summed E-state index contributed by atoms with van der Waals surface area (Å²) in [6, 6.07) is 0. The van der Waals surface area contributed by atoms with Crippen molar-refractivity contribution in [2.75, 3.05) is 0 Å². The summed E-state index contributed by atoms with van der Waals surface area (Å²) < 4.78 is 0. The quantitative estimate of drug-likeness (QED) is 0.798. The zero-order valence-corrected chi connectivity index (χ0v) is 8.89. The van der Waals surface area contributed by atoms with Crippen molar-refractivity contribution < 1.29 is 14.7 Å². The average Bonchev–Trinajstić information content (AvgIpc) is 2.56. The molecule has 5 heteroatoms. The number of carbonyl (C=O) groups excluding carboxylic acids is 1. The van der Waals surface area contributed by atoms with Crippen molar-refractivity contribution in [1.29, 1.82) is 0 Å². The molecule has 1 aliphatic rings. The van der Waals surface area contributed by atoms with Gasteiger partial charge in [0, 0.05) is 4.88 Å². The minimum atomic E-state index is -1.04. The maximum Gasteiger partial charge on any atom is 0.337 e. The predicted molar refractivity (Wildman–Crippen MR) is 56.4 cm³/mol. The molecule has 80 valence electrons. The molecule has 0 radical (unpaired) electrons. The number of carboxylic acids is 1. The Morgan fingerprint density at radius 1 is 1.27 bits per heavy atom. The van der Waals surface area contributed by atoms with Gasteiger partial charge in [-0.3, -0.25) is 4.79 Å². The third-order valence-electron chi connectivity index (χ3n) is 2.61. The van der Waals surface area contributed by atoms with E-state index in [1.54, 1.807) is 0 Å². The number of nitrogens with two attached hydrogens (primary N) is 1. The van der Waals surface area contributed by atoms with Crippen LogP contribution >= 0.6 is 11.3 Å². The summed E-state index contributed by atoms with van der Waals surface area (Å²) in [7, 11) is 0. The third-order valence-corrected chi connectivity index (χ3v) is 3.92. The molecule has 0 aromatic carbocycles. The first-order valence-corrected chi connectivity index (χ1v) is 5.60. The van der Waals surface area contributed by atoms with Gasteiger partial charge in [-0.15, -0.1) is 11.3 Å². The Labute approximate surface area is 90.7 Å². The number of aryl methyl sites for hydroxylation is 1. The van der Waals surface area contributed by atoms with Crippen LogP contribution in [-0.4, -0.2) is 17.0 Å². The second-order valence-electron chi connectivity index (χ2n) is 3.58. The van der Waals surface area contributed by atoms with E-state index in [1.165, 1.54) is 11.3 Å². The number of primary amides is 1. The first kappa shape index (κ1) is 10.2. The van der Waals surface area contributed by atoms with Gasteiger partial charge in [-0.2, -0.15) is 0 Å². The van der Waals surface area contributed by atoms with Crippen LogP contribution in [0, 0.1) is 0 Å². The first-order chi connectivity index (χ1) is 7.11. The molecule has 1 aromatic heterocycles. The summed E-state index contributed by atoms with van der Waals surface area (Å²) in [5.41, 5.74) is 6.14. The molecule has 0 saturated heterocycles. The first-order valence-electron chi connectivity index (χ1n) is 4.79. The van der Waals surface area contributed by atoms with Crippen molar-refractivity contribution in [2.45, 2.75) is 25.7 Å². The van der Waals surface area contributed by atoms with Gasteiger partial charge >= 0.3 is 5.97 Å². The lowest BCUT2D eigenvalue weighted by Crippen LogP contribution is -2.14. The number of hydrogen-bond donors (Lipinski definition) is 2. The summed E-state index contributed by atoms with van der Waals surface area (Å²) >= 11 is 1.24. The van der Waals surface area contributed by atoms with E-state index in [-0.39, 0.29) is 10.4 Å². The van der Waals surface area contributed by atoms with Crippen LogP contribution in [0.25, 0.3) is 0 Å². The van der Waals surface area contributed by atoms with Crippen LogP contribution in [0.15, 0.2) is 0 Å². The fraction of sp³-hybridized carbons (Fsp3) is 0.400. The average molecular weight is 225 g/mol. The van der Waals surface area contributed by atoms with Gasteiger partial charge < -0.3 is 10.8 Å². The number of hydrogen-bond acceptors (Lipinski definition) is 3. The smallest absolute Gasteiger partial charge is 0.337 e. The summed E-state index contributed by atoms with van der Waals surface area (Å²) in [5.74, 6) is -1.67. The zero-order valence-electron chi connectivity index (χ0n) is 8.08. The van der Waals surface area contributed by atoms with E-state index in [4.69, 9.17) is 10.8 Å². The van der Waals surface area contributed by atoms with Crippen LogP contribution in [0.1, 0.15) is 43.3 Å². The van der Waals surface area contributed by atoms with E-state index in [0.717, 1.165) is 36.1 Å². The van der Waals surface area contributed by atoms with Crippen molar-refractivity contribution in [2.24, 2.45) is 5.73 Å². The number of amides is 1. The third kappa shape index (κ3) is 1.63. The molecule has 0 saturated carbocycles. The lowest BCUT2D eigenvalue weighted by Gasteiger charge is -2.10. The van der Waals surface area contributed by atoms with Crippen molar-refractivity contribution in [3.05, 3.63) is 20.9 Å². The van der Waals surface area contributed by atoms with E-state index in [0.29, 0.717) is 0 Å². The number of carbonyl (C=O) groups is 2. The van der Waals surface area contributed by atoms with Crippen molar-refractivity contribution in [3.8, 4) is 0 Å². The van der Waals surface area contributed by atoms with Gasteiger partial charge in [-0.25, -0.2) is 4.79 Å². The molecule has 0 atom stereocenters. The Morgan fingerprint density at radius 3 is 2.53 bits per heavy atom. The number of carboxylic acid groups (broad SMARTS) is 1. The van der Waals surface area contributed by atoms with Gasteiger partial charge in [0.05, 0.1) is 5.56 Å². The highest BCUT2D eigenvalue weighted by atomic mass is 32.1. The monoisotopic (exact) mass is 225 g/mol. The fourth-order valence-corrected chi connectivity index (χ4v) is 3.20. The molecule has 1 aromatic rings. The highest BCUT2D eigenvalue weighted by Crippen LogP contribution is 2.34. The molecule has 0 aliphatic heterocycles. The highest BCUT2D eigenvalue weighted by molar-refractivity contribution is 7.14. The van der Waals surface area contributed by atoms with Crippen molar-refractivity contribution in [3.63, 3.8) is 0 Å². The summed E-state index contributed by atoms with van der Waals surface area (Å²) in [5, 5.41) is 9.06. The summed E-state index contributed by atoms with van der Waals surface area (Å²) in [6.45, 7) is 0. The minimum absolute atomic E-state index is 0.141. The molecular formula is C10H11NO3S. The van der Waals surface area contributed by atoms with Crippen molar-refractivity contribution >= 4 is 23.2 Å². The molecule has 4 nitrogen and oxygen atoms in total. The van der Waals surface area contributed by atoms with Gasteiger partial charge in [0.15, 0.2) is 0 Å². The van der Waals surface area contributed by atoms with Gasteiger partial charge in [0.1, 0.15) is 4.88 Å². The molecule has 3 N–H and O–H groups in total. The molecule has 0 fully saturated rings. The molecule has 0 spiro atoms. The second-order valence-corrected chi connectivity index (χ2v) is 4.69. The Hall–Kier alpha value is -1.36. The van der Waals surface area contributed by atoms with E-state index >= 15 is 0 Å². The molecular weight excluding hydrogens is 214 g/mol. The molecule has 0 bridgehead atoms. The Morgan fingerprint density at radius 2 is 1.93 bits per heavy atom. The van der Waals surface area contributed by atoms with Gasteiger partial charge in [0.2, 0.25) is 0 Å². The number of aromatic carboxylic acids is 1. The van der Waals surface area contributed by atoms with Crippen molar-refractivity contribution in [1.82, 2.24) is 0 Å². The van der Waals surface area contributed by atoms with Crippen LogP contribution < -0.4 is 5.73 Å². The molecule has 1 amide bonds. The summed E-state index contributed by atoms with van der Waals surface area (Å²) in [6.07, 6.45) is 3.67. The van der Waals surface area contributed by atoms with E-state index in [9.17, 15) is 9.59 Å². The second kappa shape index (κ2) is 3.66. The Balaban J connectivity index is 2.61. The predicted octanol–water partition coefficient (Wildman–Crippen LogP) is 1.42. The Bertz CT molecular complexity index is 436. The number of thiophene rings is 1. The van der Waals surface area contributed by atoms with E-state index < -0.39 is 11.9 Å². The molecule has 1 heterocycles. The maximum absolute atomic E-state index is 11.1. The van der Waals surface area contributed by atoms with E-state index in [2.05, 4.69) is 0 Å². The van der Waals surface area contributed by atoms with Crippen LogP contribution in [0.5, 0.6) is 0 Å². The van der Waals surface area contributed by atoms with Gasteiger partial charge in [-0.1, -0.05) is 0 Å². The van der Waals surface area contributed by atoms with Crippen LogP contribution in [0.3, 0.4) is 0 Å². The molecule has 1 aliphatic carbocycles. The van der Waals surface area contributed by atoms with Crippen LogP contribution in [-0.2, 0) is 12.8 Å². The highest BCUT2D eigenvalue weighted by Gasteiger charge is 2.27. The normalized spacial score (nSPS) is 14.7. The number of rotatable bonds is 2. The molecule has 15 heavy (non-hydrogen) atoms. The number of fused-ring (bicyclic) bond motifs is 1. The topological polar surface area (TPSA) is 80.4 Å². The maximum atomic E-state index is 11.1. The van der Waals surface area contributed by atoms with Crippen LogP contribution in [0.4, 0.5) is 0 Å². The molecule has 0 unspecified atom stereocenters. The minimum Gasteiger partial charge on any atom is -0.478 e. The standard InChI is InChI=1S/C10H11NO3S/c11-9(12)8-7(10(13)14)5-3-1-2-4-6(5)15-8/h1-4H2,(H2,11,12)(H,13,14). The fourth-order valence-electron chi connectivity index (χ4n) is 1.97.